The lowest BCUT2D eigenvalue weighted by molar-refractivity contribution is -0.141. The molecule has 0 atom stereocenters. The first-order valence-electron chi connectivity index (χ1n) is 6.95. The molecule has 0 aromatic carbocycles. The van der Waals surface area contributed by atoms with Crippen molar-refractivity contribution < 1.29 is 18.0 Å². The van der Waals surface area contributed by atoms with E-state index in [0.29, 0.717) is 5.82 Å². The van der Waals surface area contributed by atoms with Gasteiger partial charge in [0.1, 0.15) is 12.1 Å². The van der Waals surface area contributed by atoms with Crippen LogP contribution in [0.5, 0.6) is 0 Å². The summed E-state index contributed by atoms with van der Waals surface area (Å²) in [5.74, 6) is -0.647. The molecule has 126 valence electrons. The number of carbonyl (C=O) groups is 1. The van der Waals surface area contributed by atoms with Gasteiger partial charge in [0.25, 0.3) is 5.91 Å². The van der Waals surface area contributed by atoms with E-state index < -0.39 is 23.3 Å². The molecule has 1 saturated carbocycles. The van der Waals surface area contributed by atoms with Crippen molar-refractivity contribution in [2.75, 3.05) is 10.6 Å². The van der Waals surface area contributed by atoms with Crippen molar-refractivity contribution in [3.05, 3.63) is 41.1 Å². The van der Waals surface area contributed by atoms with E-state index in [1.807, 2.05) is 0 Å². The molecule has 0 bridgehead atoms. The zero-order valence-electron chi connectivity index (χ0n) is 12.1. The van der Waals surface area contributed by atoms with E-state index in [2.05, 4.69) is 25.6 Å². The summed E-state index contributed by atoms with van der Waals surface area (Å²) in [6.07, 6.45) is 0.0919. The standard InChI is InChI=1S/C14H11ClF3N5O/c15-7-3-10(12(20-4-7)22-8-1-2-8)23-13(24)9-5-19-6-21-11(9)14(16,17)18/h3-6,8H,1-2H2,(H,20,22)(H,23,24). The smallest absolute Gasteiger partial charge is 0.366 e. The molecule has 0 unspecified atom stereocenters. The van der Waals surface area contributed by atoms with Crippen LogP contribution in [-0.4, -0.2) is 26.9 Å². The Hall–Kier alpha value is -2.42. The maximum Gasteiger partial charge on any atom is 0.434 e. The molecule has 1 amide bonds. The number of hydrogen-bond acceptors (Lipinski definition) is 5. The van der Waals surface area contributed by atoms with Crippen LogP contribution in [0.25, 0.3) is 0 Å². The van der Waals surface area contributed by atoms with E-state index in [1.54, 1.807) is 0 Å². The van der Waals surface area contributed by atoms with Crippen LogP contribution in [0.3, 0.4) is 0 Å². The minimum Gasteiger partial charge on any atom is -0.366 e. The maximum absolute atomic E-state index is 13.0. The topological polar surface area (TPSA) is 79.8 Å². The average molecular weight is 358 g/mol. The molecule has 2 heterocycles. The molecular formula is C14H11ClF3N5O. The molecule has 6 nitrogen and oxygen atoms in total. The largest absolute Gasteiger partial charge is 0.434 e. The predicted octanol–water partition coefficient (Wildman–Crippen LogP) is 3.37. The van der Waals surface area contributed by atoms with Crippen LogP contribution in [0.2, 0.25) is 5.02 Å². The van der Waals surface area contributed by atoms with Gasteiger partial charge in [-0.2, -0.15) is 13.2 Å². The van der Waals surface area contributed by atoms with Gasteiger partial charge >= 0.3 is 6.18 Å². The Morgan fingerprint density at radius 2 is 2.00 bits per heavy atom. The van der Waals surface area contributed by atoms with Crippen LogP contribution >= 0.6 is 11.6 Å². The Bertz CT molecular complexity index is 779. The Morgan fingerprint density at radius 3 is 2.67 bits per heavy atom. The summed E-state index contributed by atoms with van der Waals surface area (Å²) in [5.41, 5.74) is -1.79. The van der Waals surface area contributed by atoms with E-state index in [0.717, 1.165) is 25.4 Å². The zero-order chi connectivity index (χ0) is 17.3. The van der Waals surface area contributed by atoms with Crippen molar-refractivity contribution in [1.29, 1.82) is 0 Å². The SMILES string of the molecule is O=C(Nc1cc(Cl)cnc1NC1CC1)c1cncnc1C(F)(F)F. The number of hydrogen-bond donors (Lipinski definition) is 2. The number of amides is 1. The Kier molecular flexibility index (Phi) is 4.27. The van der Waals surface area contributed by atoms with Gasteiger partial charge in [-0.15, -0.1) is 0 Å². The van der Waals surface area contributed by atoms with Gasteiger partial charge < -0.3 is 10.6 Å². The van der Waals surface area contributed by atoms with Crippen LogP contribution in [-0.2, 0) is 6.18 Å². The second-order valence-electron chi connectivity index (χ2n) is 5.21. The number of aromatic nitrogens is 3. The van der Waals surface area contributed by atoms with Crippen molar-refractivity contribution in [3.63, 3.8) is 0 Å². The summed E-state index contributed by atoms with van der Waals surface area (Å²) in [6.45, 7) is 0. The number of alkyl halides is 3. The van der Waals surface area contributed by atoms with E-state index in [9.17, 15) is 18.0 Å². The van der Waals surface area contributed by atoms with Gasteiger partial charge in [-0.25, -0.2) is 15.0 Å². The van der Waals surface area contributed by atoms with Crippen molar-refractivity contribution in [2.45, 2.75) is 25.1 Å². The van der Waals surface area contributed by atoms with E-state index in [-0.39, 0.29) is 16.8 Å². The van der Waals surface area contributed by atoms with Gasteiger partial charge in [-0.3, -0.25) is 4.79 Å². The number of nitrogens with one attached hydrogen (secondary N) is 2. The molecule has 1 aliphatic carbocycles. The highest BCUT2D eigenvalue weighted by molar-refractivity contribution is 6.31. The quantitative estimate of drug-likeness (QED) is 0.877. The lowest BCUT2D eigenvalue weighted by Gasteiger charge is -2.14. The summed E-state index contributed by atoms with van der Waals surface area (Å²) >= 11 is 5.86. The average Bonchev–Trinajstić information content (AvgIpc) is 3.33. The molecule has 0 spiro atoms. The normalized spacial score (nSPS) is 14.3. The highest BCUT2D eigenvalue weighted by atomic mass is 35.5. The van der Waals surface area contributed by atoms with Crippen LogP contribution in [0.1, 0.15) is 28.9 Å². The highest BCUT2D eigenvalue weighted by Gasteiger charge is 2.37. The second kappa shape index (κ2) is 6.23. The van der Waals surface area contributed by atoms with E-state index >= 15 is 0 Å². The number of rotatable bonds is 4. The van der Waals surface area contributed by atoms with Crippen LogP contribution < -0.4 is 10.6 Å². The van der Waals surface area contributed by atoms with Gasteiger partial charge in [-0.1, -0.05) is 11.6 Å². The minimum absolute atomic E-state index is 0.191. The molecule has 10 heteroatoms. The summed E-state index contributed by atoms with van der Waals surface area (Å²) in [6, 6.07) is 1.65. The molecule has 0 radical (unpaired) electrons. The maximum atomic E-state index is 13.0. The number of halogens is 4. The van der Waals surface area contributed by atoms with Crippen LogP contribution in [0.15, 0.2) is 24.8 Å². The lowest BCUT2D eigenvalue weighted by atomic mass is 10.2. The Morgan fingerprint density at radius 1 is 1.25 bits per heavy atom. The van der Waals surface area contributed by atoms with Gasteiger partial charge in [0.2, 0.25) is 0 Å². The summed E-state index contributed by atoms with van der Waals surface area (Å²) in [5, 5.41) is 5.70. The third-order valence-electron chi connectivity index (χ3n) is 3.25. The lowest BCUT2D eigenvalue weighted by Crippen LogP contribution is -2.21. The molecular weight excluding hydrogens is 347 g/mol. The van der Waals surface area contributed by atoms with Gasteiger partial charge in [-0.05, 0) is 18.9 Å². The number of anilines is 2. The fourth-order valence-corrected chi connectivity index (χ4v) is 2.14. The minimum atomic E-state index is -4.77. The molecule has 1 fully saturated rings. The van der Waals surface area contributed by atoms with Crippen molar-refractivity contribution in [2.24, 2.45) is 0 Å². The second-order valence-corrected chi connectivity index (χ2v) is 5.64. The molecule has 0 aliphatic heterocycles. The van der Waals surface area contributed by atoms with Crippen molar-refractivity contribution in [3.8, 4) is 0 Å². The predicted molar refractivity (Wildman–Crippen MR) is 80.9 cm³/mol. The number of pyridine rings is 1. The fraction of sp³-hybridized carbons (Fsp3) is 0.286. The third-order valence-corrected chi connectivity index (χ3v) is 3.45. The molecule has 2 aromatic rings. The molecule has 1 aliphatic rings. The Balaban J connectivity index is 1.89. The first-order chi connectivity index (χ1) is 11.3. The van der Waals surface area contributed by atoms with E-state index in [4.69, 9.17) is 11.6 Å². The summed E-state index contributed by atoms with van der Waals surface area (Å²) in [4.78, 5) is 23.0. The molecule has 0 saturated heterocycles. The van der Waals surface area contributed by atoms with Gasteiger partial charge in [0.05, 0.1) is 16.3 Å². The fourth-order valence-electron chi connectivity index (χ4n) is 1.98. The van der Waals surface area contributed by atoms with Crippen molar-refractivity contribution in [1.82, 2.24) is 15.0 Å². The number of nitrogens with zero attached hydrogens (tertiary/aromatic N) is 3. The molecule has 24 heavy (non-hydrogen) atoms. The monoisotopic (exact) mass is 357 g/mol. The molecule has 2 aromatic heterocycles. The zero-order valence-corrected chi connectivity index (χ0v) is 12.8. The Labute approximate surface area is 139 Å². The van der Waals surface area contributed by atoms with Crippen LogP contribution in [0, 0.1) is 0 Å². The molecule has 3 rings (SSSR count). The van der Waals surface area contributed by atoms with Crippen LogP contribution in [0.4, 0.5) is 24.7 Å². The summed E-state index contributed by atoms with van der Waals surface area (Å²) < 4.78 is 38.9. The van der Waals surface area contributed by atoms with Gasteiger partial charge in [0.15, 0.2) is 5.69 Å². The van der Waals surface area contributed by atoms with Gasteiger partial charge in [0, 0.05) is 18.4 Å². The first kappa shape index (κ1) is 16.4. The van der Waals surface area contributed by atoms with Crippen molar-refractivity contribution >= 4 is 29.0 Å². The first-order valence-corrected chi connectivity index (χ1v) is 7.33. The molecule has 2 N–H and O–H groups in total. The van der Waals surface area contributed by atoms with E-state index in [1.165, 1.54) is 12.3 Å². The number of carbonyl (C=O) groups excluding carboxylic acids is 1. The summed E-state index contributed by atoms with van der Waals surface area (Å²) in [7, 11) is 0. The highest BCUT2D eigenvalue weighted by Crippen LogP contribution is 2.32. The third kappa shape index (κ3) is 3.73.